The van der Waals surface area contributed by atoms with Crippen LogP contribution in [0.1, 0.15) is 16.6 Å². The van der Waals surface area contributed by atoms with Gasteiger partial charge in [-0.1, -0.05) is 30.3 Å². The molecule has 3 heteroatoms. The van der Waals surface area contributed by atoms with Gasteiger partial charge in [0.15, 0.2) is 0 Å². The van der Waals surface area contributed by atoms with Gasteiger partial charge >= 0.3 is 18.9 Å². The zero-order chi connectivity index (χ0) is 8.23. The van der Waals surface area contributed by atoms with E-state index < -0.39 is 0 Å². The maximum absolute atomic E-state index is 2.23. The van der Waals surface area contributed by atoms with E-state index in [1.165, 1.54) is 23.5 Å². The third-order valence-electron chi connectivity index (χ3n) is 1.90. The monoisotopic (exact) mass is 203 g/mol. The Kier molecular flexibility index (Phi) is 5.43. The van der Waals surface area contributed by atoms with Gasteiger partial charge in [-0.3, -0.25) is 0 Å². The van der Waals surface area contributed by atoms with Crippen LogP contribution in [-0.2, 0) is 0 Å². The van der Waals surface area contributed by atoms with E-state index in [9.17, 15) is 0 Å². The zero-order valence-corrected chi connectivity index (χ0v) is 9.53. The minimum Gasteiger partial charge on any atom is -0.143 e. The van der Waals surface area contributed by atoms with Gasteiger partial charge in [0.2, 0.25) is 0 Å². The van der Waals surface area contributed by atoms with Crippen molar-refractivity contribution in [2.75, 3.05) is 11.5 Å². The van der Waals surface area contributed by atoms with Crippen LogP contribution in [0.25, 0.3) is 0 Å². The molecule has 1 heterocycles. The van der Waals surface area contributed by atoms with Crippen LogP contribution >= 0.6 is 23.5 Å². The molecule has 0 amide bonds. The molecule has 1 aliphatic heterocycles. The van der Waals surface area contributed by atoms with Crippen LogP contribution in [0, 0.1) is 0 Å². The first-order valence-electron chi connectivity index (χ1n) is 4.25. The largest absolute Gasteiger partial charge is 1.00 e. The van der Waals surface area contributed by atoms with E-state index in [4.69, 9.17) is 0 Å². The van der Waals surface area contributed by atoms with Crippen molar-refractivity contribution in [3.63, 3.8) is 0 Å². The number of hydrogen-bond donors (Lipinski definition) is 0. The summed E-state index contributed by atoms with van der Waals surface area (Å²) in [5.41, 5.74) is 1.48. The molecule has 0 aromatic heterocycles. The van der Waals surface area contributed by atoms with E-state index in [0.717, 1.165) is 0 Å². The normalized spacial score (nSPS) is 17.8. The third-order valence-corrected chi connectivity index (χ3v) is 4.91. The second-order valence-electron chi connectivity index (χ2n) is 2.84. The Labute approximate surface area is 100 Å². The maximum atomic E-state index is 2.23. The quantitative estimate of drug-likeness (QED) is 0.612. The average Bonchev–Trinajstić information content (AvgIpc) is 2.21. The van der Waals surface area contributed by atoms with Crippen molar-refractivity contribution in [3.8, 4) is 0 Å². The Balaban J connectivity index is 0.000000845. The molecular formula is C10H12LiS2+. The first-order chi connectivity index (χ1) is 5.97. The molecule has 1 saturated heterocycles. The number of benzene rings is 1. The zero-order valence-electron chi connectivity index (χ0n) is 7.90. The van der Waals surface area contributed by atoms with Crippen LogP contribution in [0.2, 0.25) is 0 Å². The summed E-state index contributed by atoms with van der Waals surface area (Å²) in [6, 6.07) is 10.8. The van der Waals surface area contributed by atoms with E-state index in [-0.39, 0.29) is 18.9 Å². The van der Waals surface area contributed by atoms with Crippen molar-refractivity contribution in [2.45, 2.75) is 11.0 Å². The minimum atomic E-state index is 0. The van der Waals surface area contributed by atoms with Gasteiger partial charge in [-0.2, -0.15) is 0 Å². The van der Waals surface area contributed by atoms with Crippen molar-refractivity contribution in [1.29, 1.82) is 0 Å². The number of hydrogen-bond acceptors (Lipinski definition) is 2. The van der Waals surface area contributed by atoms with Crippen molar-refractivity contribution < 1.29 is 18.9 Å². The standard InChI is InChI=1S/C10H12S2.Li/c1-2-5-9(6-3-1)10-11-7-4-8-12-10;/h1-3,5-6,10H,4,7-8H2;/q;+1. The van der Waals surface area contributed by atoms with Gasteiger partial charge in [-0.15, -0.1) is 23.5 Å². The summed E-state index contributed by atoms with van der Waals surface area (Å²) < 4.78 is 0.694. The SMILES string of the molecule is [Li+].c1ccc(C2SCCCS2)cc1. The van der Waals surface area contributed by atoms with Crippen LogP contribution in [0.15, 0.2) is 30.3 Å². The van der Waals surface area contributed by atoms with E-state index in [2.05, 4.69) is 53.9 Å². The molecule has 2 rings (SSSR count). The molecule has 0 bridgehead atoms. The fourth-order valence-electron chi connectivity index (χ4n) is 1.29. The van der Waals surface area contributed by atoms with Gasteiger partial charge in [0.1, 0.15) is 0 Å². The maximum Gasteiger partial charge on any atom is 1.00 e. The topological polar surface area (TPSA) is 0 Å². The molecule has 1 fully saturated rings. The Morgan fingerprint density at radius 3 is 2.23 bits per heavy atom. The fourth-order valence-corrected chi connectivity index (χ4v) is 4.18. The van der Waals surface area contributed by atoms with Gasteiger partial charge in [0.25, 0.3) is 0 Å². The Bertz CT molecular complexity index is 232. The molecule has 0 radical (unpaired) electrons. The van der Waals surface area contributed by atoms with Crippen LogP contribution in [-0.4, -0.2) is 11.5 Å². The molecule has 64 valence electrons. The van der Waals surface area contributed by atoms with Gasteiger partial charge in [0, 0.05) is 0 Å². The van der Waals surface area contributed by atoms with Crippen molar-refractivity contribution in [2.24, 2.45) is 0 Å². The molecule has 13 heavy (non-hydrogen) atoms. The van der Waals surface area contributed by atoms with Gasteiger partial charge in [-0.25, -0.2) is 0 Å². The summed E-state index contributed by atoms with van der Waals surface area (Å²) in [7, 11) is 0. The fraction of sp³-hybridized carbons (Fsp3) is 0.400. The van der Waals surface area contributed by atoms with E-state index in [1.54, 1.807) is 0 Å². The smallest absolute Gasteiger partial charge is 0.143 e. The third kappa shape index (κ3) is 3.29. The Morgan fingerprint density at radius 2 is 1.62 bits per heavy atom. The molecule has 1 aromatic carbocycles. The van der Waals surface area contributed by atoms with Crippen LogP contribution in [0.5, 0.6) is 0 Å². The van der Waals surface area contributed by atoms with Gasteiger partial charge in [-0.05, 0) is 23.5 Å². The molecule has 0 aliphatic carbocycles. The summed E-state index contributed by atoms with van der Waals surface area (Å²) >= 11 is 4.16. The van der Waals surface area contributed by atoms with E-state index >= 15 is 0 Å². The van der Waals surface area contributed by atoms with Gasteiger partial charge in [0.05, 0.1) is 4.58 Å². The molecule has 0 atom stereocenters. The Morgan fingerprint density at radius 1 is 1.00 bits per heavy atom. The van der Waals surface area contributed by atoms with Crippen LogP contribution < -0.4 is 18.9 Å². The first-order valence-corrected chi connectivity index (χ1v) is 6.35. The molecule has 0 saturated carbocycles. The van der Waals surface area contributed by atoms with Crippen LogP contribution in [0.3, 0.4) is 0 Å². The molecule has 0 N–H and O–H groups in total. The van der Waals surface area contributed by atoms with Crippen LogP contribution in [0.4, 0.5) is 0 Å². The minimum absolute atomic E-state index is 0. The first kappa shape index (κ1) is 11.6. The summed E-state index contributed by atoms with van der Waals surface area (Å²) in [5.74, 6) is 2.65. The second kappa shape index (κ2) is 6.09. The summed E-state index contributed by atoms with van der Waals surface area (Å²) in [6.45, 7) is 0. The second-order valence-corrected chi connectivity index (χ2v) is 5.56. The van der Waals surface area contributed by atoms with E-state index in [1.807, 2.05) is 0 Å². The average molecular weight is 203 g/mol. The molecule has 0 unspecified atom stereocenters. The molecule has 1 aromatic rings. The molecular weight excluding hydrogens is 191 g/mol. The molecule has 1 aliphatic rings. The predicted octanol–water partition coefficient (Wildman–Crippen LogP) is 0.559. The van der Waals surface area contributed by atoms with E-state index in [0.29, 0.717) is 4.58 Å². The summed E-state index contributed by atoms with van der Waals surface area (Å²) in [5, 5.41) is 0. The molecule has 0 nitrogen and oxygen atoms in total. The number of thioether (sulfide) groups is 2. The Hall–Kier alpha value is 0.517. The predicted molar refractivity (Wildman–Crippen MR) is 58.7 cm³/mol. The van der Waals surface area contributed by atoms with Gasteiger partial charge < -0.3 is 0 Å². The number of rotatable bonds is 1. The van der Waals surface area contributed by atoms with Crippen molar-refractivity contribution in [3.05, 3.63) is 35.9 Å². The van der Waals surface area contributed by atoms with Crippen molar-refractivity contribution in [1.82, 2.24) is 0 Å². The summed E-state index contributed by atoms with van der Waals surface area (Å²) in [6.07, 6.45) is 1.37. The van der Waals surface area contributed by atoms with Crippen molar-refractivity contribution >= 4 is 23.5 Å². The summed E-state index contributed by atoms with van der Waals surface area (Å²) in [4.78, 5) is 0. The molecule has 0 spiro atoms.